The minimum absolute atomic E-state index is 0.138. The number of para-hydroxylation sites is 1. The summed E-state index contributed by atoms with van der Waals surface area (Å²) in [4.78, 5) is 46.5. The molecule has 1 aromatic carbocycles. The Bertz CT molecular complexity index is 876. The fraction of sp³-hybridized carbons (Fsp3) is 0.357. The van der Waals surface area contributed by atoms with Crippen LogP contribution in [0.15, 0.2) is 23.0 Å². The van der Waals surface area contributed by atoms with Crippen molar-refractivity contribution < 1.29 is 14.5 Å². The van der Waals surface area contributed by atoms with E-state index >= 15 is 0 Å². The van der Waals surface area contributed by atoms with Gasteiger partial charge in [0.05, 0.1) is 22.9 Å². The zero-order chi connectivity index (χ0) is 16.0. The second-order valence-corrected chi connectivity index (χ2v) is 5.35. The van der Waals surface area contributed by atoms with Gasteiger partial charge in [-0.25, -0.2) is 4.79 Å². The lowest BCUT2D eigenvalue weighted by Crippen LogP contribution is -2.34. The molecule has 114 valence electrons. The molecule has 8 heteroatoms. The summed E-state index contributed by atoms with van der Waals surface area (Å²) in [5.41, 5.74) is -0.149. The highest BCUT2D eigenvalue weighted by Crippen LogP contribution is 2.29. The Kier molecular flexibility index (Phi) is 3.16. The average Bonchev–Trinajstić information content (AvgIpc) is 2.72. The number of imidazole rings is 1. The number of nitro benzene ring substituents is 1. The molecular formula is C14H13N3O5. The van der Waals surface area contributed by atoms with E-state index in [2.05, 4.69) is 0 Å². The number of rotatable bonds is 2. The van der Waals surface area contributed by atoms with E-state index in [1.54, 1.807) is 6.07 Å². The highest BCUT2D eigenvalue weighted by atomic mass is 16.6. The van der Waals surface area contributed by atoms with Gasteiger partial charge in [-0.2, -0.15) is 0 Å². The van der Waals surface area contributed by atoms with Crippen LogP contribution in [0.4, 0.5) is 5.69 Å². The Labute approximate surface area is 124 Å². The molecule has 1 unspecified atom stereocenters. The first kappa shape index (κ1) is 14.2. The first-order valence-corrected chi connectivity index (χ1v) is 6.80. The molecule has 0 radical (unpaired) electrons. The molecule has 1 aliphatic carbocycles. The van der Waals surface area contributed by atoms with Crippen LogP contribution in [-0.4, -0.2) is 25.6 Å². The number of hydrogen-bond acceptors (Lipinski definition) is 5. The van der Waals surface area contributed by atoms with Gasteiger partial charge in [0.15, 0.2) is 5.78 Å². The molecule has 22 heavy (non-hydrogen) atoms. The summed E-state index contributed by atoms with van der Waals surface area (Å²) >= 11 is 0. The minimum atomic E-state index is -0.740. The van der Waals surface area contributed by atoms with Gasteiger partial charge in [-0.15, -0.1) is 0 Å². The molecule has 2 aromatic rings. The Morgan fingerprint density at radius 3 is 2.64 bits per heavy atom. The van der Waals surface area contributed by atoms with Crippen molar-refractivity contribution in [1.29, 1.82) is 0 Å². The molecule has 1 fully saturated rings. The van der Waals surface area contributed by atoms with Gasteiger partial charge < -0.3 is 0 Å². The van der Waals surface area contributed by atoms with E-state index in [9.17, 15) is 24.5 Å². The second kappa shape index (κ2) is 4.90. The Balaban J connectivity index is 2.28. The molecule has 0 amide bonds. The molecule has 1 aliphatic rings. The Morgan fingerprint density at radius 1 is 1.27 bits per heavy atom. The predicted molar refractivity (Wildman–Crippen MR) is 76.7 cm³/mol. The summed E-state index contributed by atoms with van der Waals surface area (Å²) in [6.45, 7) is 0. The number of nitro groups is 1. The van der Waals surface area contributed by atoms with Crippen LogP contribution < -0.4 is 5.69 Å². The van der Waals surface area contributed by atoms with Crippen molar-refractivity contribution in [3.05, 3.63) is 38.8 Å². The molecule has 1 saturated carbocycles. The number of aryl methyl sites for hydroxylation is 1. The zero-order valence-electron chi connectivity index (χ0n) is 11.8. The lowest BCUT2D eigenvalue weighted by molar-refractivity contribution is -0.383. The summed E-state index contributed by atoms with van der Waals surface area (Å²) in [7, 11) is 1.44. The van der Waals surface area contributed by atoms with Crippen molar-refractivity contribution in [2.75, 3.05) is 0 Å². The third kappa shape index (κ3) is 1.95. The van der Waals surface area contributed by atoms with Crippen molar-refractivity contribution in [2.24, 2.45) is 7.05 Å². The number of fused-ring (bicyclic) bond motifs is 1. The number of Topliss-reactive ketones (excluding diaryl/α,β-unsaturated/α-hetero) is 2. The Morgan fingerprint density at radius 2 is 2.00 bits per heavy atom. The van der Waals surface area contributed by atoms with E-state index in [1.165, 1.54) is 28.3 Å². The lowest BCUT2D eigenvalue weighted by atomic mass is 9.93. The predicted octanol–water partition coefficient (Wildman–Crippen LogP) is 1.11. The van der Waals surface area contributed by atoms with Crippen LogP contribution in [-0.2, 0) is 16.6 Å². The number of carbonyl (C=O) groups excluding carboxylic acids is 2. The van der Waals surface area contributed by atoms with Gasteiger partial charge in [0.25, 0.3) is 5.69 Å². The number of ketones is 2. The maximum atomic E-state index is 12.5. The van der Waals surface area contributed by atoms with Crippen LogP contribution in [0.2, 0.25) is 0 Å². The van der Waals surface area contributed by atoms with E-state index in [0.29, 0.717) is 5.52 Å². The summed E-state index contributed by atoms with van der Waals surface area (Å²) in [5, 5.41) is 11.1. The van der Waals surface area contributed by atoms with Crippen molar-refractivity contribution in [2.45, 2.75) is 25.3 Å². The third-order valence-electron chi connectivity index (χ3n) is 4.03. The smallest absolute Gasteiger partial charge is 0.299 e. The average molecular weight is 303 g/mol. The van der Waals surface area contributed by atoms with Crippen molar-refractivity contribution in [1.82, 2.24) is 9.13 Å². The number of aromatic nitrogens is 2. The van der Waals surface area contributed by atoms with E-state index in [0.717, 1.165) is 0 Å². The number of hydrogen-bond donors (Lipinski definition) is 0. The van der Waals surface area contributed by atoms with Gasteiger partial charge in [-0.3, -0.25) is 28.8 Å². The monoisotopic (exact) mass is 303 g/mol. The number of nitrogens with zero attached hydrogens (tertiary/aromatic N) is 3. The molecule has 1 atom stereocenters. The van der Waals surface area contributed by atoms with Crippen molar-refractivity contribution >= 4 is 28.3 Å². The molecule has 1 aromatic heterocycles. The van der Waals surface area contributed by atoms with Crippen molar-refractivity contribution in [3.63, 3.8) is 0 Å². The normalized spacial score (nSPS) is 18.9. The van der Waals surface area contributed by atoms with Gasteiger partial charge in [0.1, 0.15) is 11.3 Å². The van der Waals surface area contributed by atoms with Crippen LogP contribution in [0.1, 0.15) is 25.3 Å². The van der Waals surface area contributed by atoms with Crippen LogP contribution in [0.25, 0.3) is 11.0 Å². The SMILES string of the molecule is Cn1c(=O)n(C2CCC(=O)CC2=O)c2cccc([N+](=O)[O-])c21. The summed E-state index contributed by atoms with van der Waals surface area (Å²) in [5.74, 6) is -0.460. The number of non-ortho nitro benzene ring substituents is 1. The molecule has 0 saturated heterocycles. The first-order chi connectivity index (χ1) is 10.4. The number of benzene rings is 1. The topological polar surface area (TPSA) is 104 Å². The van der Waals surface area contributed by atoms with E-state index in [1.807, 2.05) is 0 Å². The van der Waals surface area contributed by atoms with E-state index in [-0.39, 0.29) is 42.0 Å². The zero-order valence-corrected chi connectivity index (χ0v) is 11.8. The van der Waals surface area contributed by atoms with Crippen molar-refractivity contribution in [3.8, 4) is 0 Å². The van der Waals surface area contributed by atoms with Gasteiger partial charge in [-0.1, -0.05) is 6.07 Å². The largest absolute Gasteiger partial charge is 0.329 e. The van der Waals surface area contributed by atoms with E-state index < -0.39 is 16.7 Å². The molecule has 0 N–H and O–H groups in total. The summed E-state index contributed by atoms with van der Waals surface area (Å²) in [6.07, 6.45) is 0.288. The van der Waals surface area contributed by atoms with Crippen LogP contribution in [0.5, 0.6) is 0 Å². The fourth-order valence-corrected chi connectivity index (χ4v) is 3.00. The van der Waals surface area contributed by atoms with Crippen LogP contribution >= 0.6 is 0 Å². The Hall–Kier alpha value is -2.77. The molecule has 1 heterocycles. The molecule has 0 bridgehead atoms. The van der Waals surface area contributed by atoms with Gasteiger partial charge in [0.2, 0.25) is 0 Å². The van der Waals surface area contributed by atoms with Gasteiger partial charge in [0, 0.05) is 19.5 Å². The summed E-state index contributed by atoms with van der Waals surface area (Å²) < 4.78 is 2.45. The van der Waals surface area contributed by atoms with Crippen LogP contribution in [0.3, 0.4) is 0 Å². The van der Waals surface area contributed by atoms with Gasteiger partial charge in [-0.05, 0) is 12.5 Å². The molecule has 0 spiro atoms. The quantitative estimate of drug-likeness (QED) is 0.469. The maximum absolute atomic E-state index is 12.5. The third-order valence-corrected chi connectivity index (χ3v) is 4.03. The first-order valence-electron chi connectivity index (χ1n) is 6.80. The highest BCUT2D eigenvalue weighted by Gasteiger charge is 2.32. The van der Waals surface area contributed by atoms with E-state index in [4.69, 9.17) is 0 Å². The summed E-state index contributed by atoms with van der Waals surface area (Å²) in [6, 6.07) is 3.64. The van der Waals surface area contributed by atoms with Crippen LogP contribution in [0, 0.1) is 10.1 Å². The number of carbonyl (C=O) groups is 2. The maximum Gasteiger partial charge on any atom is 0.329 e. The lowest BCUT2D eigenvalue weighted by Gasteiger charge is -2.21. The highest BCUT2D eigenvalue weighted by molar-refractivity contribution is 6.03. The molecular weight excluding hydrogens is 290 g/mol. The minimum Gasteiger partial charge on any atom is -0.299 e. The molecule has 8 nitrogen and oxygen atoms in total. The fourth-order valence-electron chi connectivity index (χ4n) is 3.00. The molecule has 3 rings (SSSR count). The second-order valence-electron chi connectivity index (χ2n) is 5.35. The molecule has 0 aliphatic heterocycles. The van der Waals surface area contributed by atoms with Gasteiger partial charge >= 0.3 is 5.69 Å². The standard InChI is InChI=1S/C14H13N3O5/c1-15-13-10(3-2-4-11(13)17(21)22)16(14(15)20)9-6-5-8(18)7-12(9)19/h2-4,9H,5-7H2,1H3.